The lowest BCUT2D eigenvalue weighted by Crippen LogP contribution is -2.41. The molecule has 5 rings (SSSR count). The average Bonchev–Trinajstić information content (AvgIpc) is 2.95. The predicted octanol–water partition coefficient (Wildman–Crippen LogP) is 4.75. The van der Waals surface area contributed by atoms with E-state index in [2.05, 4.69) is 80.1 Å². The smallest absolute Gasteiger partial charge is 0.399 e. The van der Waals surface area contributed by atoms with Gasteiger partial charge >= 0.3 is 7.12 Å². The molecule has 0 aliphatic carbocycles. The molecule has 0 radical (unpaired) electrons. The number of hydrogen-bond donors (Lipinski definition) is 0. The number of fused-ring (bicyclic) bond motifs is 3. The van der Waals surface area contributed by atoms with Gasteiger partial charge in [0.15, 0.2) is 0 Å². The Kier molecular flexibility index (Phi) is 4.02. The molecule has 3 heterocycles. The fourth-order valence-electron chi connectivity index (χ4n) is 3.81. The molecule has 4 aromatic rings. The highest BCUT2D eigenvalue weighted by molar-refractivity contribution is 6.62. The van der Waals surface area contributed by atoms with Gasteiger partial charge < -0.3 is 9.31 Å². The van der Waals surface area contributed by atoms with Gasteiger partial charge in [-0.1, -0.05) is 36.4 Å². The van der Waals surface area contributed by atoms with Crippen molar-refractivity contribution in [1.29, 1.82) is 0 Å². The fourth-order valence-corrected chi connectivity index (χ4v) is 3.81. The minimum atomic E-state index is -0.353. The zero-order valence-electron chi connectivity index (χ0n) is 17.1. The zero-order valence-corrected chi connectivity index (χ0v) is 17.1. The number of pyridine rings is 2. The molecule has 0 saturated carbocycles. The molecule has 1 fully saturated rings. The first kappa shape index (κ1) is 18.3. The van der Waals surface area contributed by atoms with E-state index >= 15 is 0 Å². The minimum absolute atomic E-state index is 0.344. The van der Waals surface area contributed by atoms with Crippen molar-refractivity contribution in [2.24, 2.45) is 0 Å². The van der Waals surface area contributed by atoms with E-state index < -0.39 is 0 Å². The summed E-state index contributed by atoms with van der Waals surface area (Å²) in [6.07, 6.45) is 3.64. The maximum absolute atomic E-state index is 6.18. The summed E-state index contributed by atoms with van der Waals surface area (Å²) in [5.41, 5.74) is 4.48. The molecule has 0 N–H and O–H groups in total. The van der Waals surface area contributed by atoms with E-state index in [0.717, 1.165) is 38.4 Å². The third-order valence-corrected chi connectivity index (χ3v) is 6.21. The molecule has 144 valence electrons. The second kappa shape index (κ2) is 6.38. The largest absolute Gasteiger partial charge is 0.494 e. The Hall–Kier alpha value is -2.76. The number of aromatic nitrogens is 2. The molecule has 1 aliphatic rings. The van der Waals surface area contributed by atoms with E-state index in [1.807, 2.05) is 24.5 Å². The molecule has 2 aromatic carbocycles. The number of hydrogen-bond acceptors (Lipinski definition) is 4. The second-order valence-corrected chi connectivity index (χ2v) is 8.61. The van der Waals surface area contributed by atoms with Crippen molar-refractivity contribution in [2.45, 2.75) is 38.9 Å². The van der Waals surface area contributed by atoms with Crippen molar-refractivity contribution in [1.82, 2.24) is 9.97 Å². The average molecular weight is 382 g/mol. The Balaban J connectivity index is 1.58. The van der Waals surface area contributed by atoms with Gasteiger partial charge in [0.05, 0.1) is 22.2 Å². The van der Waals surface area contributed by atoms with E-state index in [4.69, 9.17) is 9.31 Å². The molecular formula is C24H23BN2O2. The molecular weight excluding hydrogens is 359 g/mol. The first-order chi connectivity index (χ1) is 13.9. The standard InChI is InChI=1S/C24H23BN2O2/c1-23(2)24(3,4)29-25(28-23)18-11-9-16(10-12-18)20-15-17-7-5-13-26-21(17)22-19(20)8-6-14-27-22/h5-15H,1-4H3. The van der Waals surface area contributed by atoms with Gasteiger partial charge in [-0.3, -0.25) is 9.97 Å². The minimum Gasteiger partial charge on any atom is -0.399 e. The van der Waals surface area contributed by atoms with Gasteiger partial charge in [-0.05, 0) is 62.5 Å². The van der Waals surface area contributed by atoms with Crippen LogP contribution in [0.3, 0.4) is 0 Å². The molecule has 29 heavy (non-hydrogen) atoms. The van der Waals surface area contributed by atoms with Crippen molar-refractivity contribution in [3.63, 3.8) is 0 Å². The number of benzene rings is 2. The van der Waals surface area contributed by atoms with Crippen LogP contribution < -0.4 is 5.46 Å². The first-order valence-electron chi connectivity index (χ1n) is 9.94. The van der Waals surface area contributed by atoms with Crippen molar-refractivity contribution in [3.8, 4) is 11.1 Å². The third-order valence-electron chi connectivity index (χ3n) is 6.21. The first-order valence-corrected chi connectivity index (χ1v) is 9.94. The van der Waals surface area contributed by atoms with Gasteiger partial charge in [0, 0.05) is 23.2 Å². The molecule has 0 spiro atoms. The van der Waals surface area contributed by atoms with Crippen molar-refractivity contribution < 1.29 is 9.31 Å². The van der Waals surface area contributed by atoms with E-state index in [-0.39, 0.29) is 18.3 Å². The van der Waals surface area contributed by atoms with E-state index in [9.17, 15) is 0 Å². The van der Waals surface area contributed by atoms with E-state index in [1.165, 1.54) is 0 Å². The Bertz CT molecular complexity index is 1200. The normalized spacial score (nSPS) is 17.9. The number of rotatable bonds is 2. The van der Waals surface area contributed by atoms with Crippen LogP contribution in [-0.2, 0) is 9.31 Å². The van der Waals surface area contributed by atoms with Crippen LogP contribution in [0.5, 0.6) is 0 Å². The summed E-state index contributed by atoms with van der Waals surface area (Å²) in [7, 11) is -0.353. The van der Waals surface area contributed by atoms with Crippen LogP contribution >= 0.6 is 0 Å². The number of nitrogens with zero attached hydrogens (tertiary/aromatic N) is 2. The molecule has 0 bridgehead atoms. The summed E-state index contributed by atoms with van der Waals surface area (Å²) in [4.78, 5) is 9.15. The van der Waals surface area contributed by atoms with E-state index in [0.29, 0.717) is 0 Å². The van der Waals surface area contributed by atoms with Crippen molar-refractivity contribution in [2.75, 3.05) is 0 Å². The SMILES string of the molecule is CC1(C)OB(c2ccc(-c3cc4cccnc4c4ncccc34)cc2)OC1(C)C. The summed E-state index contributed by atoms with van der Waals surface area (Å²) < 4.78 is 12.4. The highest BCUT2D eigenvalue weighted by Gasteiger charge is 2.51. The molecule has 0 amide bonds. The van der Waals surface area contributed by atoms with Gasteiger partial charge in [0.25, 0.3) is 0 Å². The highest BCUT2D eigenvalue weighted by atomic mass is 16.7. The molecule has 2 aromatic heterocycles. The summed E-state index contributed by atoms with van der Waals surface area (Å²) in [6.45, 7) is 8.29. The maximum atomic E-state index is 6.18. The van der Waals surface area contributed by atoms with Crippen LogP contribution in [0.2, 0.25) is 0 Å². The topological polar surface area (TPSA) is 44.2 Å². The van der Waals surface area contributed by atoms with Crippen LogP contribution in [-0.4, -0.2) is 28.3 Å². The lowest BCUT2D eigenvalue weighted by Gasteiger charge is -2.32. The maximum Gasteiger partial charge on any atom is 0.494 e. The molecule has 0 atom stereocenters. The van der Waals surface area contributed by atoms with E-state index in [1.54, 1.807) is 0 Å². The lowest BCUT2D eigenvalue weighted by molar-refractivity contribution is 0.00578. The van der Waals surface area contributed by atoms with Crippen molar-refractivity contribution >= 4 is 34.4 Å². The zero-order chi connectivity index (χ0) is 20.2. The van der Waals surface area contributed by atoms with Crippen LogP contribution in [0, 0.1) is 0 Å². The molecule has 4 nitrogen and oxygen atoms in total. The lowest BCUT2D eigenvalue weighted by atomic mass is 9.78. The third kappa shape index (κ3) is 2.93. The van der Waals surface area contributed by atoms with Gasteiger partial charge in [-0.25, -0.2) is 0 Å². The van der Waals surface area contributed by atoms with Gasteiger partial charge in [0.2, 0.25) is 0 Å². The Morgan fingerprint density at radius 3 is 2.07 bits per heavy atom. The highest BCUT2D eigenvalue weighted by Crippen LogP contribution is 2.37. The molecule has 1 saturated heterocycles. The van der Waals surface area contributed by atoms with Gasteiger partial charge in [-0.15, -0.1) is 0 Å². The summed E-state index contributed by atoms with van der Waals surface area (Å²) in [5, 5.41) is 2.19. The molecule has 1 aliphatic heterocycles. The molecule has 0 unspecified atom stereocenters. The second-order valence-electron chi connectivity index (χ2n) is 8.61. The predicted molar refractivity (Wildman–Crippen MR) is 118 cm³/mol. The van der Waals surface area contributed by atoms with Crippen LogP contribution in [0.25, 0.3) is 32.9 Å². The van der Waals surface area contributed by atoms with Crippen LogP contribution in [0.1, 0.15) is 27.7 Å². The summed E-state index contributed by atoms with van der Waals surface area (Å²) in [6, 6.07) is 18.7. The van der Waals surface area contributed by atoms with Gasteiger partial charge in [-0.2, -0.15) is 0 Å². The summed E-state index contributed by atoms with van der Waals surface area (Å²) in [5.74, 6) is 0. The van der Waals surface area contributed by atoms with Crippen LogP contribution in [0.4, 0.5) is 0 Å². The monoisotopic (exact) mass is 382 g/mol. The Morgan fingerprint density at radius 1 is 0.759 bits per heavy atom. The van der Waals surface area contributed by atoms with Crippen LogP contribution in [0.15, 0.2) is 67.0 Å². The Morgan fingerprint density at radius 2 is 1.38 bits per heavy atom. The summed E-state index contributed by atoms with van der Waals surface area (Å²) >= 11 is 0. The Labute approximate surface area is 171 Å². The fraction of sp³-hybridized carbons (Fsp3) is 0.250. The van der Waals surface area contributed by atoms with Gasteiger partial charge in [0.1, 0.15) is 0 Å². The van der Waals surface area contributed by atoms with Crippen molar-refractivity contribution in [3.05, 3.63) is 67.0 Å². The molecule has 5 heteroatoms. The quantitative estimate of drug-likeness (QED) is 0.371.